The third-order valence-electron chi connectivity index (χ3n) is 2.20. The van der Waals surface area contributed by atoms with Gasteiger partial charge in [-0.05, 0) is 5.56 Å². The van der Waals surface area contributed by atoms with Gasteiger partial charge in [-0.3, -0.25) is 4.79 Å². The van der Waals surface area contributed by atoms with E-state index < -0.39 is 6.04 Å². The standard InChI is InChI=1S/C10H10ClN3O/c11-14-8(12)6-13-9(10(14)15)7-4-2-1-3-5-7/h1-6,9,13H,12H2. The van der Waals surface area contributed by atoms with Crippen molar-refractivity contribution in [3.05, 3.63) is 47.9 Å². The summed E-state index contributed by atoms with van der Waals surface area (Å²) in [7, 11) is 0. The van der Waals surface area contributed by atoms with E-state index in [0.717, 1.165) is 9.98 Å². The number of rotatable bonds is 1. The summed E-state index contributed by atoms with van der Waals surface area (Å²) >= 11 is 5.71. The van der Waals surface area contributed by atoms with Gasteiger partial charge in [-0.15, -0.1) is 0 Å². The van der Waals surface area contributed by atoms with Gasteiger partial charge in [0.1, 0.15) is 11.9 Å². The second kappa shape index (κ2) is 3.82. The number of carbonyl (C=O) groups is 1. The van der Waals surface area contributed by atoms with Gasteiger partial charge in [0.05, 0.1) is 0 Å². The molecule has 0 aliphatic carbocycles. The van der Waals surface area contributed by atoms with Crippen molar-refractivity contribution >= 4 is 17.7 Å². The van der Waals surface area contributed by atoms with Crippen molar-refractivity contribution in [2.45, 2.75) is 6.04 Å². The van der Waals surface area contributed by atoms with Crippen LogP contribution in [0.3, 0.4) is 0 Å². The molecule has 1 heterocycles. The first kappa shape index (κ1) is 9.86. The first-order chi connectivity index (χ1) is 7.20. The Morgan fingerprint density at radius 1 is 1.33 bits per heavy atom. The summed E-state index contributed by atoms with van der Waals surface area (Å²) in [5.41, 5.74) is 6.34. The number of hydrogen-bond acceptors (Lipinski definition) is 3. The van der Waals surface area contributed by atoms with Crippen molar-refractivity contribution in [1.29, 1.82) is 0 Å². The quantitative estimate of drug-likeness (QED) is 0.701. The molecule has 1 aromatic rings. The van der Waals surface area contributed by atoms with Crippen LogP contribution in [0.25, 0.3) is 0 Å². The molecule has 4 nitrogen and oxygen atoms in total. The number of benzene rings is 1. The Labute approximate surface area is 92.4 Å². The van der Waals surface area contributed by atoms with E-state index in [1.54, 1.807) is 0 Å². The zero-order valence-corrected chi connectivity index (χ0v) is 8.61. The second-order valence-corrected chi connectivity index (χ2v) is 3.54. The van der Waals surface area contributed by atoms with Gasteiger partial charge in [0.15, 0.2) is 0 Å². The normalized spacial score (nSPS) is 20.9. The lowest BCUT2D eigenvalue weighted by atomic mass is 10.1. The maximum atomic E-state index is 11.7. The van der Waals surface area contributed by atoms with Gasteiger partial charge in [-0.25, -0.2) is 4.42 Å². The molecule has 0 bridgehead atoms. The number of hydrogen-bond donors (Lipinski definition) is 2. The molecule has 0 aromatic heterocycles. The van der Waals surface area contributed by atoms with Crippen molar-refractivity contribution in [1.82, 2.24) is 9.74 Å². The van der Waals surface area contributed by atoms with Crippen LogP contribution in [0.2, 0.25) is 0 Å². The number of nitrogens with one attached hydrogen (secondary N) is 1. The topological polar surface area (TPSA) is 58.4 Å². The highest BCUT2D eigenvalue weighted by molar-refractivity contribution is 6.23. The Bertz CT molecular complexity index is 404. The maximum Gasteiger partial charge on any atom is 0.270 e. The fourth-order valence-electron chi connectivity index (χ4n) is 1.42. The van der Waals surface area contributed by atoms with Crippen molar-refractivity contribution in [3.8, 4) is 0 Å². The first-order valence-electron chi connectivity index (χ1n) is 4.46. The van der Waals surface area contributed by atoms with Crippen LogP contribution in [-0.4, -0.2) is 10.3 Å². The third-order valence-corrected chi connectivity index (χ3v) is 2.56. The summed E-state index contributed by atoms with van der Waals surface area (Å²) < 4.78 is 0.925. The summed E-state index contributed by atoms with van der Waals surface area (Å²) in [6.07, 6.45) is 1.52. The van der Waals surface area contributed by atoms with Gasteiger partial charge in [0.2, 0.25) is 0 Å². The minimum Gasteiger partial charge on any atom is -0.383 e. The van der Waals surface area contributed by atoms with Crippen molar-refractivity contribution in [2.24, 2.45) is 5.73 Å². The number of nitrogens with two attached hydrogens (primary N) is 1. The summed E-state index contributed by atoms with van der Waals surface area (Å²) in [5, 5.41) is 2.90. The van der Waals surface area contributed by atoms with Crippen LogP contribution in [0.1, 0.15) is 11.6 Å². The van der Waals surface area contributed by atoms with Crippen LogP contribution in [0, 0.1) is 0 Å². The van der Waals surface area contributed by atoms with Crippen LogP contribution in [0.15, 0.2) is 42.4 Å². The number of amides is 1. The Hall–Kier alpha value is -1.68. The third kappa shape index (κ3) is 1.76. The first-order valence-corrected chi connectivity index (χ1v) is 4.80. The molecule has 2 rings (SSSR count). The van der Waals surface area contributed by atoms with E-state index in [0.29, 0.717) is 0 Å². The number of nitrogens with zero attached hydrogens (tertiary/aromatic N) is 1. The van der Waals surface area contributed by atoms with E-state index in [9.17, 15) is 4.79 Å². The predicted molar refractivity (Wildman–Crippen MR) is 57.3 cm³/mol. The van der Waals surface area contributed by atoms with Crippen LogP contribution < -0.4 is 11.1 Å². The lowest BCUT2D eigenvalue weighted by Crippen LogP contribution is -2.41. The van der Waals surface area contributed by atoms with E-state index in [1.165, 1.54) is 6.20 Å². The second-order valence-electron chi connectivity index (χ2n) is 3.20. The molecule has 15 heavy (non-hydrogen) atoms. The Balaban J connectivity index is 2.30. The molecule has 1 aliphatic rings. The van der Waals surface area contributed by atoms with E-state index >= 15 is 0 Å². The maximum absolute atomic E-state index is 11.7. The molecule has 5 heteroatoms. The van der Waals surface area contributed by atoms with Gasteiger partial charge in [-0.2, -0.15) is 0 Å². The van der Waals surface area contributed by atoms with Crippen molar-refractivity contribution in [3.63, 3.8) is 0 Å². The molecule has 3 N–H and O–H groups in total. The molecule has 1 amide bonds. The molecule has 0 saturated carbocycles. The average molecular weight is 224 g/mol. The average Bonchev–Trinajstić information content (AvgIpc) is 2.27. The van der Waals surface area contributed by atoms with E-state index in [2.05, 4.69) is 5.32 Å². The van der Waals surface area contributed by atoms with Gasteiger partial charge in [-0.1, -0.05) is 30.3 Å². The Morgan fingerprint density at radius 3 is 2.67 bits per heavy atom. The molecule has 1 aliphatic heterocycles. The van der Waals surface area contributed by atoms with Gasteiger partial charge in [0, 0.05) is 18.0 Å². The molecule has 1 atom stereocenters. The van der Waals surface area contributed by atoms with Crippen LogP contribution in [-0.2, 0) is 4.79 Å². The molecule has 0 spiro atoms. The summed E-state index contributed by atoms with van der Waals surface area (Å²) in [6.45, 7) is 0. The molecular formula is C10H10ClN3O. The minimum atomic E-state index is -0.462. The fraction of sp³-hybridized carbons (Fsp3) is 0.100. The van der Waals surface area contributed by atoms with E-state index in [-0.39, 0.29) is 11.7 Å². The molecule has 0 fully saturated rings. The summed E-state index contributed by atoms with van der Waals surface area (Å²) in [4.78, 5) is 11.7. The molecule has 0 saturated heterocycles. The van der Waals surface area contributed by atoms with Gasteiger partial charge < -0.3 is 11.1 Å². The molecule has 0 radical (unpaired) electrons. The highest BCUT2D eigenvalue weighted by Crippen LogP contribution is 2.21. The van der Waals surface area contributed by atoms with E-state index in [4.69, 9.17) is 17.5 Å². The van der Waals surface area contributed by atoms with Gasteiger partial charge >= 0.3 is 0 Å². The zero-order valence-electron chi connectivity index (χ0n) is 7.85. The highest BCUT2D eigenvalue weighted by atomic mass is 35.5. The van der Waals surface area contributed by atoms with E-state index in [1.807, 2.05) is 30.3 Å². The lowest BCUT2D eigenvalue weighted by molar-refractivity contribution is -0.128. The molecule has 1 unspecified atom stereocenters. The summed E-state index contributed by atoms with van der Waals surface area (Å²) in [5.74, 6) is -0.0725. The van der Waals surface area contributed by atoms with Crippen LogP contribution >= 0.6 is 11.8 Å². The fourth-order valence-corrected chi connectivity index (χ4v) is 1.57. The smallest absolute Gasteiger partial charge is 0.270 e. The molecule has 1 aromatic carbocycles. The monoisotopic (exact) mass is 223 g/mol. The zero-order chi connectivity index (χ0) is 10.8. The van der Waals surface area contributed by atoms with Gasteiger partial charge in [0.25, 0.3) is 5.91 Å². The largest absolute Gasteiger partial charge is 0.383 e. The number of carbonyl (C=O) groups excluding carboxylic acids is 1. The molecular weight excluding hydrogens is 214 g/mol. The highest BCUT2D eigenvalue weighted by Gasteiger charge is 2.29. The Morgan fingerprint density at radius 2 is 2.00 bits per heavy atom. The SMILES string of the molecule is NC1=CNC(c2ccccc2)C(=O)N1Cl. The van der Waals surface area contributed by atoms with Crippen molar-refractivity contribution in [2.75, 3.05) is 0 Å². The lowest BCUT2D eigenvalue weighted by Gasteiger charge is -2.26. The van der Waals surface area contributed by atoms with Crippen LogP contribution in [0.4, 0.5) is 0 Å². The van der Waals surface area contributed by atoms with Crippen molar-refractivity contribution < 1.29 is 4.79 Å². The number of halogens is 1. The predicted octanol–water partition coefficient (Wildman–Crippen LogP) is 1.07. The minimum absolute atomic E-state index is 0.203. The Kier molecular flexibility index (Phi) is 2.51. The molecule has 78 valence electrons. The summed E-state index contributed by atoms with van der Waals surface area (Å²) in [6, 6.07) is 8.87. The van der Waals surface area contributed by atoms with Crippen LogP contribution in [0.5, 0.6) is 0 Å².